The number of benzene rings is 1. The van der Waals surface area contributed by atoms with Crippen molar-refractivity contribution in [2.24, 2.45) is 0 Å². The van der Waals surface area contributed by atoms with Crippen LogP contribution in [0.25, 0.3) is 0 Å². The predicted molar refractivity (Wildman–Crippen MR) is 100 cm³/mol. The van der Waals surface area contributed by atoms with Crippen molar-refractivity contribution in [1.29, 1.82) is 0 Å². The molecule has 1 N–H and O–H groups in total. The third-order valence-corrected chi connectivity index (χ3v) is 6.67. The average molecular weight is 373 g/mol. The molecule has 138 valence electrons. The van der Waals surface area contributed by atoms with Crippen molar-refractivity contribution < 1.29 is 13.2 Å². The normalized spacial score (nSPS) is 18.4. The number of pyridine rings is 1. The largest absolute Gasteiger partial charge is 0.322 e. The van der Waals surface area contributed by atoms with E-state index in [1.165, 1.54) is 0 Å². The topological polar surface area (TPSA) is 79.4 Å². The number of piperidine rings is 1. The van der Waals surface area contributed by atoms with E-state index in [9.17, 15) is 13.2 Å². The highest BCUT2D eigenvalue weighted by molar-refractivity contribution is 7.89. The van der Waals surface area contributed by atoms with Crippen LogP contribution in [0, 0.1) is 0 Å². The summed E-state index contributed by atoms with van der Waals surface area (Å²) >= 11 is 0. The lowest BCUT2D eigenvalue weighted by atomic mass is 10.0. The lowest BCUT2D eigenvalue weighted by Crippen LogP contribution is -2.43. The molecule has 6 nitrogen and oxygen atoms in total. The summed E-state index contributed by atoms with van der Waals surface area (Å²) in [7, 11) is -3.51. The third kappa shape index (κ3) is 3.94. The van der Waals surface area contributed by atoms with Crippen LogP contribution >= 0.6 is 0 Å². The molecule has 1 aromatic heterocycles. The molecule has 1 amide bonds. The van der Waals surface area contributed by atoms with E-state index in [0.717, 1.165) is 25.7 Å². The first-order valence-electron chi connectivity index (χ1n) is 8.85. The fourth-order valence-corrected chi connectivity index (χ4v) is 5.02. The Labute approximate surface area is 154 Å². The summed E-state index contributed by atoms with van der Waals surface area (Å²) in [5.41, 5.74) is 1.05. The molecule has 0 bridgehead atoms. The Kier molecular flexibility index (Phi) is 5.68. The van der Waals surface area contributed by atoms with Gasteiger partial charge in [-0.3, -0.25) is 9.78 Å². The van der Waals surface area contributed by atoms with E-state index in [-0.39, 0.29) is 16.8 Å². The van der Waals surface area contributed by atoms with Gasteiger partial charge in [-0.15, -0.1) is 0 Å². The smallest absolute Gasteiger partial charge is 0.255 e. The van der Waals surface area contributed by atoms with E-state index in [2.05, 4.69) is 10.3 Å². The van der Waals surface area contributed by atoms with Crippen LogP contribution in [0.3, 0.4) is 0 Å². The van der Waals surface area contributed by atoms with E-state index >= 15 is 0 Å². The number of rotatable bonds is 5. The van der Waals surface area contributed by atoms with Crippen LogP contribution in [0.4, 0.5) is 5.69 Å². The van der Waals surface area contributed by atoms with Crippen LogP contribution in [-0.4, -0.2) is 36.2 Å². The van der Waals surface area contributed by atoms with Crippen molar-refractivity contribution in [3.05, 3.63) is 54.4 Å². The monoisotopic (exact) mass is 373 g/mol. The van der Waals surface area contributed by atoms with Crippen LogP contribution < -0.4 is 5.32 Å². The molecule has 0 unspecified atom stereocenters. The van der Waals surface area contributed by atoms with Gasteiger partial charge >= 0.3 is 0 Å². The number of hydrogen-bond donors (Lipinski definition) is 1. The molecule has 26 heavy (non-hydrogen) atoms. The van der Waals surface area contributed by atoms with E-state index in [0.29, 0.717) is 17.8 Å². The summed E-state index contributed by atoms with van der Waals surface area (Å²) in [6.07, 6.45) is 6.80. The molecular formula is C19H23N3O3S. The molecule has 1 aliphatic rings. The molecular weight excluding hydrogens is 350 g/mol. The Balaban J connectivity index is 1.75. The van der Waals surface area contributed by atoms with Gasteiger partial charge in [-0.25, -0.2) is 8.42 Å². The number of anilines is 1. The first-order valence-corrected chi connectivity index (χ1v) is 10.3. The highest BCUT2D eigenvalue weighted by Crippen LogP contribution is 2.27. The van der Waals surface area contributed by atoms with Gasteiger partial charge in [0.2, 0.25) is 10.0 Å². The Morgan fingerprint density at radius 3 is 2.50 bits per heavy atom. The first-order chi connectivity index (χ1) is 12.5. The lowest BCUT2D eigenvalue weighted by Gasteiger charge is -2.34. The van der Waals surface area contributed by atoms with Crippen molar-refractivity contribution in [2.75, 3.05) is 11.9 Å². The summed E-state index contributed by atoms with van der Waals surface area (Å²) in [6.45, 7) is 2.59. The molecule has 2 heterocycles. The van der Waals surface area contributed by atoms with Crippen LogP contribution in [0.2, 0.25) is 0 Å². The quantitative estimate of drug-likeness (QED) is 0.872. The standard InChI is InChI=1S/C19H23N3O3S/c1-2-17-5-3-4-14-22(17)26(24,25)18-8-6-16(7-9-18)21-19(23)15-10-12-20-13-11-15/h6-13,17H,2-5,14H2,1H3,(H,21,23)/t17-/m1/s1. The van der Waals surface area contributed by atoms with Crippen LogP contribution in [0.15, 0.2) is 53.7 Å². The molecule has 3 rings (SSSR count). The van der Waals surface area contributed by atoms with Crippen molar-refractivity contribution >= 4 is 21.6 Å². The summed E-state index contributed by atoms with van der Waals surface area (Å²) in [5, 5.41) is 2.76. The summed E-state index contributed by atoms with van der Waals surface area (Å²) in [6, 6.07) is 9.66. The molecule has 0 spiro atoms. The van der Waals surface area contributed by atoms with Gasteiger partial charge in [-0.05, 0) is 55.7 Å². The number of nitrogens with zero attached hydrogens (tertiary/aromatic N) is 2. The molecule has 7 heteroatoms. The van der Waals surface area contributed by atoms with Crippen molar-refractivity contribution in [2.45, 2.75) is 43.5 Å². The van der Waals surface area contributed by atoms with Gasteiger partial charge in [0.15, 0.2) is 0 Å². The van der Waals surface area contributed by atoms with E-state index in [4.69, 9.17) is 0 Å². The van der Waals surface area contributed by atoms with Gasteiger partial charge in [-0.2, -0.15) is 4.31 Å². The Hall–Kier alpha value is -2.25. The first kappa shape index (κ1) is 18.5. The van der Waals surface area contributed by atoms with E-state index < -0.39 is 10.0 Å². The van der Waals surface area contributed by atoms with Gasteiger partial charge < -0.3 is 5.32 Å². The second-order valence-electron chi connectivity index (χ2n) is 6.39. The molecule has 1 aromatic carbocycles. The van der Waals surface area contributed by atoms with Crippen LogP contribution in [0.5, 0.6) is 0 Å². The van der Waals surface area contributed by atoms with Crippen LogP contribution in [0.1, 0.15) is 43.0 Å². The number of amides is 1. The number of sulfonamides is 1. The average Bonchev–Trinajstić information content (AvgIpc) is 2.69. The molecule has 2 aromatic rings. The molecule has 0 aliphatic carbocycles. The van der Waals surface area contributed by atoms with Gasteiger partial charge in [0.25, 0.3) is 5.91 Å². The van der Waals surface area contributed by atoms with Gasteiger partial charge in [0.1, 0.15) is 0 Å². The van der Waals surface area contributed by atoms with Crippen LogP contribution in [-0.2, 0) is 10.0 Å². The molecule has 1 atom stereocenters. The van der Waals surface area contributed by atoms with Crippen molar-refractivity contribution in [3.8, 4) is 0 Å². The minimum Gasteiger partial charge on any atom is -0.322 e. The maximum Gasteiger partial charge on any atom is 0.255 e. The molecule has 0 radical (unpaired) electrons. The van der Waals surface area contributed by atoms with E-state index in [1.54, 1.807) is 53.1 Å². The molecule has 1 aliphatic heterocycles. The highest BCUT2D eigenvalue weighted by Gasteiger charge is 2.32. The maximum atomic E-state index is 12.9. The maximum absolute atomic E-state index is 12.9. The highest BCUT2D eigenvalue weighted by atomic mass is 32.2. The van der Waals surface area contributed by atoms with Crippen molar-refractivity contribution in [1.82, 2.24) is 9.29 Å². The number of aromatic nitrogens is 1. The zero-order valence-electron chi connectivity index (χ0n) is 14.8. The summed E-state index contributed by atoms with van der Waals surface area (Å²) in [5.74, 6) is -0.259. The Morgan fingerprint density at radius 2 is 1.85 bits per heavy atom. The molecule has 1 fully saturated rings. The minimum absolute atomic E-state index is 0.0693. The molecule has 0 saturated carbocycles. The number of carbonyl (C=O) groups excluding carboxylic acids is 1. The Morgan fingerprint density at radius 1 is 1.15 bits per heavy atom. The van der Waals surface area contributed by atoms with Gasteiger partial charge in [-0.1, -0.05) is 13.3 Å². The summed E-state index contributed by atoms with van der Waals surface area (Å²) < 4.78 is 27.5. The van der Waals surface area contributed by atoms with Gasteiger partial charge in [0, 0.05) is 36.2 Å². The zero-order chi connectivity index (χ0) is 18.6. The van der Waals surface area contributed by atoms with E-state index in [1.807, 2.05) is 6.92 Å². The Bertz CT molecular complexity index is 851. The van der Waals surface area contributed by atoms with Crippen molar-refractivity contribution in [3.63, 3.8) is 0 Å². The number of hydrogen-bond acceptors (Lipinski definition) is 4. The molecule has 1 saturated heterocycles. The minimum atomic E-state index is -3.51. The lowest BCUT2D eigenvalue weighted by molar-refractivity contribution is 0.102. The second-order valence-corrected chi connectivity index (χ2v) is 8.28. The SMILES string of the molecule is CC[C@@H]1CCCCN1S(=O)(=O)c1ccc(NC(=O)c2ccncc2)cc1. The third-order valence-electron chi connectivity index (χ3n) is 4.71. The number of carbonyl (C=O) groups is 1. The summed E-state index contributed by atoms with van der Waals surface area (Å²) in [4.78, 5) is 16.3. The second kappa shape index (κ2) is 7.97. The zero-order valence-corrected chi connectivity index (χ0v) is 15.6. The number of nitrogens with one attached hydrogen (secondary N) is 1. The van der Waals surface area contributed by atoms with Gasteiger partial charge in [0.05, 0.1) is 4.90 Å². The fraction of sp³-hybridized carbons (Fsp3) is 0.368. The predicted octanol–water partition coefficient (Wildman–Crippen LogP) is 3.29. The fourth-order valence-electron chi connectivity index (χ4n) is 3.25.